The Labute approximate surface area is 332 Å². The molecular weight excluding hydrogens is 679 g/mol. The largest absolute Gasteiger partial charge is 0.477 e. The molecule has 0 aromatic carbocycles. The van der Waals surface area contributed by atoms with Crippen LogP contribution in [0.4, 0.5) is 0 Å². The van der Waals surface area contributed by atoms with Crippen LogP contribution in [0.5, 0.6) is 0 Å². The molecule has 0 saturated carbocycles. The molecule has 1 N–H and O–H groups in total. The number of rotatable bonds is 40. The first-order chi connectivity index (χ1) is 26.1. The van der Waals surface area contributed by atoms with Gasteiger partial charge < -0.3 is 23.8 Å². The van der Waals surface area contributed by atoms with E-state index in [1.165, 1.54) is 116 Å². The van der Waals surface area contributed by atoms with E-state index in [-0.39, 0.29) is 36.2 Å². The summed E-state index contributed by atoms with van der Waals surface area (Å²) in [6.45, 7) is 4.71. The standard InChI is InChI=1S/C46H85NO7/c1-6-8-10-12-14-16-18-20-21-22-23-25-27-29-31-33-35-37-45(49)54-42(40-52-39-38-43(46(50)51)47(3,4)5)41-53-44(48)36-34-32-30-28-26-24-19-17-15-13-11-9-7-2/h20-21,24,26,42-43H,6-19,22-23,25,27-41H2,1-5H3/p+1/b21-20+,26-24+. The van der Waals surface area contributed by atoms with Crippen LogP contribution in [0.1, 0.15) is 200 Å². The van der Waals surface area contributed by atoms with Crippen molar-refractivity contribution in [3.8, 4) is 0 Å². The Morgan fingerprint density at radius 2 is 0.926 bits per heavy atom. The molecule has 0 aliphatic rings. The van der Waals surface area contributed by atoms with Crippen molar-refractivity contribution in [1.29, 1.82) is 0 Å². The molecule has 8 nitrogen and oxygen atoms in total. The molecule has 0 aliphatic carbocycles. The summed E-state index contributed by atoms with van der Waals surface area (Å²) in [7, 11) is 5.52. The summed E-state index contributed by atoms with van der Waals surface area (Å²) in [6.07, 6.45) is 40.7. The fraction of sp³-hybridized carbons (Fsp3) is 0.848. The van der Waals surface area contributed by atoms with Crippen molar-refractivity contribution in [2.75, 3.05) is 41.0 Å². The lowest BCUT2D eigenvalue weighted by molar-refractivity contribution is -0.887. The van der Waals surface area contributed by atoms with Crippen molar-refractivity contribution in [2.24, 2.45) is 0 Å². The lowest BCUT2D eigenvalue weighted by atomic mass is 10.1. The maximum absolute atomic E-state index is 12.7. The van der Waals surface area contributed by atoms with Gasteiger partial charge in [0.25, 0.3) is 0 Å². The number of ether oxygens (including phenoxy) is 3. The van der Waals surface area contributed by atoms with E-state index in [2.05, 4.69) is 38.2 Å². The summed E-state index contributed by atoms with van der Waals surface area (Å²) < 4.78 is 17.3. The van der Waals surface area contributed by atoms with E-state index >= 15 is 0 Å². The van der Waals surface area contributed by atoms with Gasteiger partial charge in [-0.2, -0.15) is 0 Å². The number of carboxylic acid groups (broad SMARTS) is 1. The van der Waals surface area contributed by atoms with Gasteiger partial charge in [0.1, 0.15) is 6.61 Å². The Morgan fingerprint density at radius 3 is 1.35 bits per heavy atom. The molecule has 2 atom stereocenters. The molecule has 0 heterocycles. The SMILES string of the molecule is CCCCCCCC/C=C/CCCCCCCCCC(=O)OC(COCCC(C(=O)O)[N+](C)(C)C)COC(=O)CCCCC/C=C/CCCCCCCC. The second kappa shape index (κ2) is 37.7. The number of hydrogen-bond acceptors (Lipinski definition) is 6. The van der Waals surface area contributed by atoms with Crippen LogP contribution in [-0.2, 0) is 28.6 Å². The minimum Gasteiger partial charge on any atom is -0.477 e. The number of likely N-dealkylation sites (N-methyl/N-ethyl adjacent to an activating group) is 1. The number of aliphatic carboxylic acids is 1. The van der Waals surface area contributed by atoms with Crippen LogP contribution >= 0.6 is 0 Å². The first-order valence-corrected chi connectivity index (χ1v) is 22.4. The maximum atomic E-state index is 12.7. The Hall–Kier alpha value is -2.19. The Balaban J connectivity index is 4.35. The highest BCUT2D eigenvalue weighted by atomic mass is 16.6. The topological polar surface area (TPSA) is 99.1 Å². The van der Waals surface area contributed by atoms with Gasteiger partial charge in [-0.3, -0.25) is 9.59 Å². The summed E-state index contributed by atoms with van der Waals surface area (Å²) in [6, 6.07) is -0.615. The van der Waals surface area contributed by atoms with Crippen molar-refractivity contribution in [1.82, 2.24) is 0 Å². The second-order valence-corrected chi connectivity index (χ2v) is 16.3. The lowest BCUT2D eigenvalue weighted by Gasteiger charge is -2.31. The number of quaternary nitrogens is 1. The van der Waals surface area contributed by atoms with E-state index in [1.807, 2.05) is 21.1 Å². The molecule has 316 valence electrons. The van der Waals surface area contributed by atoms with Crippen molar-refractivity contribution in [3.63, 3.8) is 0 Å². The number of carbonyl (C=O) groups is 3. The number of hydrogen-bond donors (Lipinski definition) is 1. The predicted octanol–water partition coefficient (Wildman–Crippen LogP) is 12.1. The van der Waals surface area contributed by atoms with Crippen LogP contribution in [0, 0.1) is 0 Å². The first-order valence-electron chi connectivity index (χ1n) is 22.4. The zero-order chi connectivity index (χ0) is 40.0. The number of nitrogens with zero attached hydrogens (tertiary/aromatic N) is 1. The third-order valence-corrected chi connectivity index (χ3v) is 10.1. The molecule has 0 aromatic rings. The van der Waals surface area contributed by atoms with Gasteiger partial charge in [-0.25, -0.2) is 4.79 Å². The number of allylic oxidation sites excluding steroid dienone is 4. The molecule has 0 aliphatic heterocycles. The van der Waals surface area contributed by atoms with Gasteiger partial charge >= 0.3 is 17.9 Å². The van der Waals surface area contributed by atoms with Crippen LogP contribution in [-0.4, -0.2) is 80.6 Å². The van der Waals surface area contributed by atoms with Crippen LogP contribution in [0.3, 0.4) is 0 Å². The molecule has 0 fully saturated rings. The molecule has 0 radical (unpaired) electrons. The van der Waals surface area contributed by atoms with E-state index in [1.54, 1.807) is 0 Å². The second-order valence-electron chi connectivity index (χ2n) is 16.3. The zero-order valence-electron chi connectivity index (χ0n) is 35.9. The van der Waals surface area contributed by atoms with E-state index in [0.29, 0.717) is 19.3 Å². The van der Waals surface area contributed by atoms with Crippen LogP contribution in [0.2, 0.25) is 0 Å². The van der Waals surface area contributed by atoms with Gasteiger partial charge in [-0.15, -0.1) is 0 Å². The number of carboxylic acids is 1. The van der Waals surface area contributed by atoms with Crippen molar-refractivity contribution in [2.45, 2.75) is 212 Å². The van der Waals surface area contributed by atoms with Gasteiger partial charge in [0.15, 0.2) is 12.1 Å². The van der Waals surface area contributed by atoms with Crippen molar-refractivity contribution >= 4 is 17.9 Å². The highest BCUT2D eigenvalue weighted by molar-refractivity contribution is 5.72. The predicted molar refractivity (Wildman–Crippen MR) is 225 cm³/mol. The maximum Gasteiger partial charge on any atom is 0.362 e. The average molecular weight is 765 g/mol. The van der Waals surface area contributed by atoms with E-state index in [0.717, 1.165) is 51.4 Å². The van der Waals surface area contributed by atoms with Gasteiger partial charge in [-0.05, 0) is 64.2 Å². The Kier molecular flexibility index (Phi) is 36.2. The van der Waals surface area contributed by atoms with E-state index in [4.69, 9.17) is 14.2 Å². The highest BCUT2D eigenvalue weighted by Gasteiger charge is 2.31. The molecule has 0 rings (SSSR count). The Morgan fingerprint density at radius 1 is 0.537 bits per heavy atom. The van der Waals surface area contributed by atoms with E-state index in [9.17, 15) is 19.5 Å². The van der Waals surface area contributed by atoms with Crippen molar-refractivity contribution in [3.05, 3.63) is 24.3 Å². The fourth-order valence-corrected chi connectivity index (χ4v) is 6.55. The molecule has 0 spiro atoms. The number of unbranched alkanes of at least 4 members (excludes halogenated alkanes) is 22. The number of esters is 2. The molecule has 8 heteroatoms. The van der Waals surface area contributed by atoms with Crippen LogP contribution in [0.25, 0.3) is 0 Å². The van der Waals surface area contributed by atoms with Crippen LogP contribution < -0.4 is 0 Å². The number of carbonyl (C=O) groups excluding carboxylic acids is 2. The lowest BCUT2D eigenvalue weighted by Crippen LogP contribution is -2.50. The summed E-state index contributed by atoms with van der Waals surface area (Å²) >= 11 is 0. The summed E-state index contributed by atoms with van der Waals surface area (Å²) in [5.74, 6) is -1.49. The average Bonchev–Trinajstić information content (AvgIpc) is 3.12. The third kappa shape index (κ3) is 35.5. The fourth-order valence-electron chi connectivity index (χ4n) is 6.55. The van der Waals surface area contributed by atoms with Gasteiger partial charge in [0.05, 0.1) is 34.4 Å². The zero-order valence-corrected chi connectivity index (χ0v) is 35.9. The van der Waals surface area contributed by atoms with E-state index < -0.39 is 18.1 Å². The summed E-state index contributed by atoms with van der Waals surface area (Å²) in [4.78, 5) is 36.9. The minimum absolute atomic E-state index is 0.0574. The quantitative estimate of drug-likeness (QED) is 0.0287. The Bertz CT molecular complexity index is 942. The summed E-state index contributed by atoms with van der Waals surface area (Å²) in [5.41, 5.74) is 0. The monoisotopic (exact) mass is 765 g/mol. The molecule has 2 unspecified atom stereocenters. The summed E-state index contributed by atoms with van der Waals surface area (Å²) in [5, 5.41) is 9.61. The molecular formula is C46H86NO7+. The third-order valence-electron chi connectivity index (χ3n) is 10.1. The van der Waals surface area contributed by atoms with Crippen LogP contribution in [0.15, 0.2) is 24.3 Å². The molecule has 54 heavy (non-hydrogen) atoms. The molecule has 0 amide bonds. The van der Waals surface area contributed by atoms with Gasteiger partial charge in [-0.1, -0.05) is 141 Å². The normalized spacial score (nSPS) is 13.1. The first kappa shape index (κ1) is 51.8. The smallest absolute Gasteiger partial charge is 0.362 e. The molecule has 0 bridgehead atoms. The van der Waals surface area contributed by atoms with Gasteiger partial charge in [0.2, 0.25) is 0 Å². The minimum atomic E-state index is -0.876. The highest BCUT2D eigenvalue weighted by Crippen LogP contribution is 2.14. The molecule has 0 saturated heterocycles. The van der Waals surface area contributed by atoms with Gasteiger partial charge in [0, 0.05) is 19.3 Å². The molecule has 0 aromatic heterocycles. The van der Waals surface area contributed by atoms with Crippen molar-refractivity contribution < 1.29 is 38.2 Å².